The van der Waals surface area contributed by atoms with Gasteiger partial charge in [-0.1, -0.05) is 42.1 Å². The molecule has 0 radical (unpaired) electrons. The lowest BCUT2D eigenvalue weighted by atomic mass is 10.1. The van der Waals surface area contributed by atoms with Crippen molar-refractivity contribution < 1.29 is 0 Å². The standard InChI is InChI=1S/C28H19N7S2/c1-36-27-24-25(31)35(21-5-3-2-4-6-21)28(37-22-13-11-20(17-30)12-14-22)34-26(24)32-23(33-27)15-18-7-9-19(16-29)10-8-18/h2-14,31H,15H2,1H3. The van der Waals surface area contributed by atoms with Crippen LogP contribution >= 0.6 is 23.5 Å². The highest BCUT2D eigenvalue weighted by atomic mass is 32.2. The molecule has 3 aromatic carbocycles. The second-order valence-electron chi connectivity index (χ2n) is 7.99. The van der Waals surface area contributed by atoms with Gasteiger partial charge < -0.3 is 0 Å². The van der Waals surface area contributed by atoms with Crippen molar-refractivity contribution in [1.29, 1.82) is 15.9 Å². The van der Waals surface area contributed by atoms with Crippen molar-refractivity contribution in [2.24, 2.45) is 0 Å². The first-order valence-corrected chi connectivity index (χ1v) is 13.3. The van der Waals surface area contributed by atoms with E-state index in [1.54, 1.807) is 28.8 Å². The average molecular weight is 518 g/mol. The summed E-state index contributed by atoms with van der Waals surface area (Å²) in [6, 6.07) is 28.6. The maximum Gasteiger partial charge on any atom is 0.181 e. The summed E-state index contributed by atoms with van der Waals surface area (Å²) >= 11 is 2.87. The van der Waals surface area contributed by atoms with E-state index >= 15 is 0 Å². The van der Waals surface area contributed by atoms with Crippen molar-refractivity contribution in [2.45, 2.75) is 21.5 Å². The van der Waals surface area contributed by atoms with Crippen LogP contribution in [-0.2, 0) is 6.42 Å². The van der Waals surface area contributed by atoms with Crippen LogP contribution in [0.5, 0.6) is 0 Å². The molecule has 0 unspecified atom stereocenters. The second kappa shape index (κ2) is 10.7. The van der Waals surface area contributed by atoms with Crippen molar-refractivity contribution in [3.8, 4) is 17.8 Å². The Balaban J connectivity index is 1.67. The quantitative estimate of drug-likeness (QED) is 0.180. The van der Waals surface area contributed by atoms with Crippen LogP contribution < -0.4 is 5.49 Å². The number of hydrogen-bond acceptors (Lipinski definition) is 8. The van der Waals surface area contributed by atoms with E-state index in [1.807, 2.05) is 60.9 Å². The van der Waals surface area contributed by atoms with Crippen LogP contribution in [0, 0.1) is 28.1 Å². The van der Waals surface area contributed by atoms with Crippen molar-refractivity contribution in [2.75, 3.05) is 6.26 Å². The van der Waals surface area contributed by atoms with Gasteiger partial charge in [0.15, 0.2) is 10.8 Å². The fraction of sp³-hybridized carbons (Fsp3) is 0.0714. The molecule has 1 N–H and O–H groups in total. The number of rotatable bonds is 6. The molecule has 0 bridgehead atoms. The van der Waals surface area contributed by atoms with Crippen LogP contribution in [0.25, 0.3) is 16.7 Å². The van der Waals surface area contributed by atoms with Crippen LogP contribution in [0.1, 0.15) is 22.5 Å². The van der Waals surface area contributed by atoms with Crippen molar-refractivity contribution in [3.63, 3.8) is 0 Å². The smallest absolute Gasteiger partial charge is 0.181 e. The van der Waals surface area contributed by atoms with E-state index in [2.05, 4.69) is 12.1 Å². The molecule has 0 atom stereocenters. The lowest BCUT2D eigenvalue weighted by Gasteiger charge is -2.16. The van der Waals surface area contributed by atoms with Gasteiger partial charge >= 0.3 is 0 Å². The Kier molecular flexibility index (Phi) is 7.00. The van der Waals surface area contributed by atoms with Gasteiger partial charge in [0, 0.05) is 17.0 Å². The Hall–Kier alpha value is -4.44. The summed E-state index contributed by atoms with van der Waals surface area (Å²) in [5.41, 5.74) is 3.69. The number of benzene rings is 3. The van der Waals surface area contributed by atoms with Crippen molar-refractivity contribution >= 4 is 34.6 Å². The molecule has 0 fully saturated rings. The maximum atomic E-state index is 9.17. The minimum atomic E-state index is 0.251. The number of hydrogen-bond donors (Lipinski definition) is 1. The summed E-state index contributed by atoms with van der Waals surface area (Å²) < 4.78 is 1.80. The van der Waals surface area contributed by atoms with Gasteiger partial charge in [-0.25, -0.2) is 15.0 Å². The topological polar surface area (TPSA) is 115 Å². The summed E-state index contributed by atoms with van der Waals surface area (Å²) in [6.07, 6.45) is 2.41. The van der Waals surface area contributed by atoms with Crippen LogP contribution in [0.2, 0.25) is 0 Å². The summed E-state index contributed by atoms with van der Waals surface area (Å²) in [4.78, 5) is 15.3. The fourth-order valence-electron chi connectivity index (χ4n) is 3.80. The third-order valence-corrected chi connectivity index (χ3v) is 7.25. The first-order valence-electron chi connectivity index (χ1n) is 11.2. The highest BCUT2D eigenvalue weighted by Crippen LogP contribution is 2.30. The molecule has 9 heteroatoms. The Bertz CT molecular complexity index is 1730. The predicted octanol–water partition coefficient (Wildman–Crippen LogP) is 5.50. The molecular weight excluding hydrogens is 498 g/mol. The molecule has 2 heterocycles. The molecule has 0 aliphatic heterocycles. The summed E-state index contributed by atoms with van der Waals surface area (Å²) in [6.45, 7) is 0. The van der Waals surface area contributed by atoms with Gasteiger partial charge in [-0.15, -0.1) is 11.8 Å². The van der Waals surface area contributed by atoms with E-state index in [4.69, 9.17) is 25.5 Å². The van der Waals surface area contributed by atoms with E-state index in [9.17, 15) is 5.41 Å². The number of nitriles is 2. The highest BCUT2D eigenvalue weighted by Gasteiger charge is 2.18. The largest absolute Gasteiger partial charge is 0.283 e. The molecule has 2 aromatic heterocycles. The third-order valence-electron chi connectivity index (χ3n) is 5.60. The molecule has 178 valence electrons. The second-order valence-corrected chi connectivity index (χ2v) is 9.82. The van der Waals surface area contributed by atoms with Gasteiger partial charge in [0.1, 0.15) is 16.3 Å². The van der Waals surface area contributed by atoms with Gasteiger partial charge in [0.25, 0.3) is 0 Å². The monoisotopic (exact) mass is 517 g/mol. The first kappa shape index (κ1) is 24.3. The van der Waals surface area contributed by atoms with Crippen LogP contribution in [-0.4, -0.2) is 25.8 Å². The van der Waals surface area contributed by atoms with Gasteiger partial charge in [-0.2, -0.15) is 10.5 Å². The Labute approximate surface area is 222 Å². The first-order chi connectivity index (χ1) is 18.1. The third kappa shape index (κ3) is 5.10. The minimum absolute atomic E-state index is 0.251. The number of para-hydroxylation sites is 1. The Morgan fingerprint density at radius 2 is 1.49 bits per heavy atom. The summed E-state index contributed by atoms with van der Waals surface area (Å²) in [5.74, 6) is 0.597. The van der Waals surface area contributed by atoms with Crippen LogP contribution in [0.4, 0.5) is 0 Å². The molecule has 0 saturated carbocycles. The van der Waals surface area contributed by atoms with E-state index in [-0.39, 0.29) is 5.49 Å². The fourth-order valence-corrected chi connectivity index (χ4v) is 5.29. The average Bonchev–Trinajstić information content (AvgIpc) is 2.94. The van der Waals surface area contributed by atoms with Gasteiger partial charge in [0.2, 0.25) is 0 Å². The van der Waals surface area contributed by atoms with Gasteiger partial charge in [0.05, 0.1) is 28.7 Å². The molecule has 5 aromatic rings. The van der Waals surface area contributed by atoms with Crippen LogP contribution in [0.3, 0.4) is 0 Å². The maximum absolute atomic E-state index is 9.17. The molecule has 0 aliphatic rings. The summed E-state index contributed by atoms with van der Waals surface area (Å²) in [7, 11) is 0. The zero-order valence-electron chi connectivity index (χ0n) is 19.7. The molecular formula is C28H19N7S2. The molecule has 0 aliphatic carbocycles. The predicted molar refractivity (Wildman–Crippen MR) is 144 cm³/mol. The number of fused-ring (bicyclic) bond motifs is 1. The number of nitrogens with zero attached hydrogens (tertiary/aromatic N) is 6. The molecule has 7 nitrogen and oxygen atoms in total. The van der Waals surface area contributed by atoms with Crippen molar-refractivity contribution in [1.82, 2.24) is 19.5 Å². The molecule has 5 rings (SSSR count). The SMILES string of the molecule is CSc1nc(Cc2ccc(C#N)cc2)nc2nc(Sc3ccc(C#N)cc3)n(-c3ccccc3)c(=N)c12. The van der Waals surface area contributed by atoms with E-state index < -0.39 is 0 Å². The molecule has 37 heavy (non-hydrogen) atoms. The number of thioether (sulfide) groups is 1. The number of nitrogens with one attached hydrogen (secondary N) is 1. The molecule has 0 spiro atoms. The van der Waals surface area contributed by atoms with Gasteiger partial charge in [-0.3, -0.25) is 9.98 Å². The highest BCUT2D eigenvalue weighted by molar-refractivity contribution is 7.99. The molecule has 0 amide bonds. The van der Waals surface area contributed by atoms with Crippen molar-refractivity contribution in [3.05, 3.63) is 107 Å². The lowest BCUT2D eigenvalue weighted by Crippen LogP contribution is -2.23. The normalized spacial score (nSPS) is 10.7. The number of aromatic nitrogens is 4. The van der Waals surface area contributed by atoms with E-state index in [0.717, 1.165) is 16.1 Å². The van der Waals surface area contributed by atoms with E-state index in [0.29, 0.717) is 44.6 Å². The summed E-state index contributed by atoms with van der Waals surface area (Å²) in [5, 5.41) is 29.2. The van der Waals surface area contributed by atoms with E-state index in [1.165, 1.54) is 23.5 Å². The zero-order valence-corrected chi connectivity index (χ0v) is 21.3. The van der Waals surface area contributed by atoms with Gasteiger partial charge in [-0.05, 0) is 60.4 Å². The lowest BCUT2D eigenvalue weighted by molar-refractivity contribution is 0.773. The zero-order chi connectivity index (χ0) is 25.8. The molecule has 0 saturated heterocycles. The minimum Gasteiger partial charge on any atom is -0.283 e. The Morgan fingerprint density at radius 1 is 0.838 bits per heavy atom. The Morgan fingerprint density at radius 3 is 2.11 bits per heavy atom. The van der Waals surface area contributed by atoms with Crippen LogP contribution in [0.15, 0.2) is 93.9 Å².